The number of allylic oxidation sites excluding steroid dienone is 1. The highest BCUT2D eigenvalue weighted by atomic mass is 32.2. The zero-order valence-electron chi connectivity index (χ0n) is 13.6. The Balaban J connectivity index is 1.95. The molecule has 3 N–H and O–H groups in total. The van der Waals surface area contributed by atoms with Crippen molar-refractivity contribution in [2.24, 2.45) is 5.14 Å². The molecule has 1 aliphatic rings. The van der Waals surface area contributed by atoms with Crippen LogP contribution in [0.1, 0.15) is 23.1 Å². The molecule has 0 aromatic heterocycles. The number of hydrogen-bond donors (Lipinski definition) is 2. The molecule has 0 spiro atoms. The minimum Gasteiger partial charge on any atom is -0.280 e. The first-order chi connectivity index (χ1) is 11.7. The maximum atomic E-state index is 12.7. The second-order valence-electron chi connectivity index (χ2n) is 5.94. The molecular weight excluding hydrogens is 360 g/mol. The molecule has 8 heteroatoms. The number of nitrogens with one attached hydrogen (secondary N) is 1. The second-order valence-corrected chi connectivity index (χ2v) is 9.21. The van der Waals surface area contributed by atoms with Crippen LogP contribution < -0.4 is 9.86 Å². The lowest BCUT2D eigenvalue weighted by atomic mass is 9.98. The van der Waals surface area contributed by atoms with Gasteiger partial charge < -0.3 is 0 Å². The van der Waals surface area contributed by atoms with Gasteiger partial charge in [0, 0.05) is 0 Å². The summed E-state index contributed by atoms with van der Waals surface area (Å²) in [7, 11) is -7.70. The van der Waals surface area contributed by atoms with Crippen molar-refractivity contribution in [3.8, 4) is 0 Å². The number of benzene rings is 2. The molecule has 0 unspecified atom stereocenters. The molecule has 3 rings (SSSR count). The van der Waals surface area contributed by atoms with Crippen LogP contribution >= 0.6 is 0 Å². The predicted octanol–water partition coefficient (Wildman–Crippen LogP) is 2.37. The number of nitrogens with two attached hydrogens (primary N) is 1. The minimum atomic E-state index is -3.93. The van der Waals surface area contributed by atoms with Gasteiger partial charge in [-0.3, -0.25) is 4.72 Å². The number of rotatable bonds is 4. The van der Waals surface area contributed by atoms with Crippen molar-refractivity contribution < 1.29 is 16.8 Å². The van der Waals surface area contributed by atoms with E-state index in [1.54, 1.807) is 13.0 Å². The van der Waals surface area contributed by atoms with Gasteiger partial charge in [0.15, 0.2) is 0 Å². The van der Waals surface area contributed by atoms with E-state index in [1.807, 2.05) is 24.3 Å². The quantitative estimate of drug-likeness (QED) is 0.852. The molecule has 0 bridgehead atoms. The summed E-state index contributed by atoms with van der Waals surface area (Å²) in [6.45, 7) is 1.60. The van der Waals surface area contributed by atoms with E-state index in [-0.39, 0.29) is 15.5 Å². The van der Waals surface area contributed by atoms with E-state index in [4.69, 9.17) is 5.14 Å². The Morgan fingerprint density at radius 1 is 1.00 bits per heavy atom. The van der Waals surface area contributed by atoms with Gasteiger partial charge in [-0.25, -0.2) is 22.0 Å². The monoisotopic (exact) mass is 378 g/mol. The standard InChI is InChI=1S/C17H18N2O4S2/c1-12-6-8-15(11-17(12)24(18,20)21)19-25(22,23)16-9-7-13-4-2-3-5-14(13)10-16/h2-6,8,10-11,19H,7,9H2,1H3,(H2,18,20,21). The summed E-state index contributed by atoms with van der Waals surface area (Å²) in [5.74, 6) is 0. The molecule has 0 heterocycles. The number of primary sulfonamides is 1. The maximum Gasteiger partial charge on any atom is 0.258 e. The highest BCUT2D eigenvalue weighted by Gasteiger charge is 2.22. The van der Waals surface area contributed by atoms with Crippen molar-refractivity contribution in [3.63, 3.8) is 0 Å². The highest BCUT2D eigenvalue weighted by Crippen LogP contribution is 2.28. The van der Waals surface area contributed by atoms with E-state index in [0.29, 0.717) is 18.4 Å². The third-order valence-corrected chi connectivity index (χ3v) is 6.67. The molecule has 0 fully saturated rings. The van der Waals surface area contributed by atoms with Gasteiger partial charge >= 0.3 is 0 Å². The number of aryl methyl sites for hydroxylation is 2. The molecule has 0 atom stereocenters. The first-order valence-corrected chi connectivity index (χ1v) is 10.6. The van der Waals surface area contributed by atoms with Gasteiger partial charge in [0.05, 0.1) is 15.5 Å². The molecule has 0 amide bonds. The summed E-state index contributed by atoms with van der Waals surface area (Å²) >= 11 is 0. The largest absolute Gasteiger partial charge is 0.280 e. The Bertz CT molecular complexity index is 1070. The van der Waals surface area contributed by atoms with Crippen molar-refractivity contribution in [2.45, 2.75) is 24.7 Å². The maximum absolute atomic E-state index is 12.7. The summed E-state index contributed by atoms with van der Waals surface area (Å²) < 4.78 is 50.9. The second kappa shape index (κ2) is 6.29. The molecule has 132 valence electrons. The van der Waals surface area contributed by atoms with Gasteiger partial charge in [-0.2, -0.15) is 0 Å². The van der Waals surface area contributed by atoms with Crippen LogP contribution in [-0.2, 0) is 26.5 Å². The molecular formula is C17H18N2O4S2. The predicted molar refractivity (Wildman–Crippen MR) is 97.8 cm³/mol. The summed E-state index contributed by atoms with van der Waals surface area (Å²) in [5, 5.41) is 5.17. The molecule has 6 nitrogen and oxygen atoms in total. The molecule has 2 aromatic carbocycles. The lowest BCUT2D eigenvalue weighted by molar-refractivity contribution is 0.596. The number of fused-ring (bicyclic) bond motifs is 1. The Morgan fingerprint density at radius 2 is 1.72 bits per heavy atom. The van der Waals surface area contributed by atoms with Crippen LogP contribution in [0.3, 0.4) is 0 Å². The fourth-order valence-electron chi connectivity index (χ4n) is 2.81. The fourth-order valence-corrected chi connectivity index (χ4v) is 4.84. The Morgan fingerprint density at radius 3 is 2.44 bits per heavy atom. The van der Waals surface area contributed by atoms with Gasteiger partial charge in [0.25, 0.3) is 10.0 Å². The molecule has 25 heavy (non-hydrogen) atoms. The molecule has 0 saturated heterocycles. The summed E-state index contributed by atoms with van der Waals surface area (Å²) in [5.41, 5.74) is 2.60. The number of hydrogen-bond acceptors (Lipinski definition) is 4. The molecule has 0 aliphatic heterocycles. The van der Waals surface area contributed by atoms with E-state index >= 15 is 0 Å². The van der Waals surface area contributed by atoms with E-state index in [2.05, 4.69) is 4.72 Å². The first-order valence-electron chi connectivity index (χ1n) is 7.61. The smallest absolute Gasteiger partial charge is 0.258 e. The van der Waals surface area contributed by atoms with E-state index < -0.39 is 20.0 Å². The third-order valence-electron chi connectivity index (χ3n) is 4.10. The minimum absolute atomic E-state index is 0.101. The van der Waals surface area contributed by atoms with Crippen molar-refractivity contribution in [1.82, 2.24) is 0 Å². The van der Waals surface area contributed by atoms with E-state index in [1.165, 1.54) is 18.2 Å². The van der Waals surface area contributed by atoms with Crippen LogP contribution in [-0.4, -0.2) is 16.8 Å². The SMILES string of the molecule is Cc1ccc(NS(=O)(=O)C2=Cc3ccccc3CC2)cc1S(N)(=O)=O. The Hall–Kier alpha value is -2.16. The zero-order chi connectivity index (χ0) is 18.2. The van der Waals surface area contributed by atoms with E-state index in [0.717, 1.165) is 11.1 Å². The van der Waals surface area contributed by atoms with Crippen LogP contribution in [0.5, 0.6) is 0 Å². The van der Waals surface area contributed by atoms with Crippen LogP contribution in [0.15, 0.2) is 52.3 Å². The normalized spacial score (nSPS) is 14.6. The number of anilines is 1. The average molecular weight is 378 g/mol. The van der Waals surface area contributed by atoms with Gasteiger partial charge in [-0.15, -0.1) is 0 Å². The molecule has 0 radical (unpaired) electrons. The van der Waals surface area contributed by atoms with Crippen LogP contribution in [0.25, 0.3) is 6.08 Å². The summed E-state index contributed by atoms with van der Waals surface area (Å²) in [4.78, 5) is 0.166. The fraction of sp³-hybridized carbons (Fsp3) is 0.176. The summed E-state index contributed by atoms with van der Waals surface area (Å²) in [6.07, 6.45) is 2.68. The Kier molecular flexibility index (Phi) is 4.44. The van der Waals surface area contributed by atoms with Crippen molar-refractivity contribution in [3.05, 3.63) is 64.1 Å². The topological polar surface area (TPSA) is 106 Å². The zero-order valence-corrected chi connectivity index (χ0v) is 15.2. The molecule has 1 aliphatic carbocycles. The summed E-state index contributed by atoms with van der Waals surface area (Å²) in [6, 6.07) is 11.9. The van der Waals surface area contributed by atoms with Gasteiger partial charge in [0.2, 0.25) is 10.0 Å². The highest BCUT2D eigenvalue weighted by molar-refractivity contribution is 7.96. The number of sulfonamides is 2. The lowest BCUT2D eigenvalue weighted by Crippen LogP contribution is -2.18. The first kappa shape index (κ1) is 17.7. The molecule has 2 aromatic rings. The third kappa shape index (κ3) is 3.76. The molecule has 0 saturated carbocycles. The average Bonchev–Trinajstić information content (AvgIpc) is 2.55. The van der Waals surface area contributed by atoms with Crippen LogP contribution in [0.2, 0.25) is 0 Å². The van der Waals surface area contributed by atoms with Gasteiger partial charge in [-0.05, 0) is 54.7 Å². The van der Waals surface area contributed by atoms with Crippen molar-refractivity contribution in [2.75, 3.05) is 4.72 Å². The van der Waals surface area contributed by atoms with Crippen LogP contribution in [0.4, 0.5) is 5.69 Å². The van der Waals surface area contributed by atoms with E-state index in [9.17, 15) is 16.8 Å². The van der Waals surface area contributed by atoms with Crippen molar-refractivity contribution >= 4 is 31.8 Å². The lowest BCUT2D eigenvalue weighted by Gasteiger charge is -2.18. The van der Waals surface area contributed by atoms with Crippen LogP contribution in [0, 0.1) is 6.92 Å². The van der Waals surface area contributed by atoms with Gasteiger partial charge in [-0.1, -0.05) is 30.3 Å². The Labute approximate surface area is 147 Å². The van der Waals surface area contributed by atoms with Crippen molar-refractivity contribution in [1.29, 1.82) is 0 Å². The van der Waals surface area contributed by atoms with Gasteiger partial charge in [0.1, 0.15) is 0 Å².